The molecule has 7 heteroatoms. The van der Waals surface area contributed by atoms with E-state index in [1.54, 1.807) is 36.4 Å². The van der Waals surface area contributed by atoms with Gasteiger partial charge in [0, 0.05) is 23.2 Å². The lowest BCUT2D eigenvalue weighted by atomic mass is 10.1. The molecule has 1 heterocycles. The van der Waals surface area contributed by atoms with Gasteiger partial charge >= 0.3 is 0 Å². The normalized spacial score (nSPS) is 11.4. The van der Waals surface area contributed by atoms with Crippen LogP contribution in [0.25, 0.3) is 16.9 Å². The summed E-state index contributed by atoms with van der Waals surface area (Å²) < 4.78 is 51.5. The van der Waals surface area contributed by atoms with Crippen molar-refractivity contribution in [2.75, 3.05) is 6.26 Å². The summed E-state index contributed by atoms with van der Waals surface area (Å²) in [7, 11) is -3.31. The van der Waals surface area contributed by atoms with Gasteiger partial charge < -0.3 is 14.0 Å². The molecule has 0 N–H and O–H groups in total. The molecule has 0 radical (unpaired) electrons. The molecule has 5 aromatic rings. The summed E-state index contributed by atoms with van der Waals surface area (Å²) in [4.78, 5) is 0.252. The molecule has 39 heavy (non-hydrogen) atoms. The molecule has 0 spiro atoms. The molecule has 198 valence electrons. The van der Waals surface area contributed by atoms with Crippen molar-refractivity contribution >= 4 is 9.84 Å². The van der Waals surface area contributed by atoms with E-state index in [4.69, 9.17) is 9.47 Å². The maximum absolute atomic E-state index is 13.7. The molecule has 0 aliphatic carbocycles. The zero-order valence-electron chi connectivity index (χ0n) is 21.7. The smallest absolute Gasteiger partial charge is 0.175 e. The van der Waals surface area contributed by atoms with Gasteiger partial charge in [-0.15, -0.1) is 0 Å². The summed E-state index contributed by atoms with van der Waals surface area (Å²) in [5.41, 5.74) is 5.46. The zero-order chi connectivity index (χ0) is 27.4. The van der Waals surface area contributed by atoms with E-state index in [1.165, 1.54) is 18.4 Å². The van der Waals surface area contributed by atoms with E-state index < -0.39 is 9.84 Å². The number of hydrogen-bond acceptors (Lipinski definition) is 4. The van der Waals surface area contributed by atoms with Gasteiger partial charge in [0.05, 0.1) is 10.6 Å². The highest BCUT2D eigenvalue weighted by molar-refractivity contribution is 7.90. The third-order valence-corrected chi connectivity index (χ3v) is 7.61. The average Bonchev–Trinajstić information content (AvgIpc) is 3.28. The van der Waals surface area contributed by atoms with E-state index in [0.717, 1.165) is 39.5 Å². The van der Waals surface area contributed by atoms with E-state index in [-0.39, 0.29) is 10.7 Å². The predicted octanol–water partition coefficient (Wildman–Crippen LogP) is 7.15. The van der Waals surface area contributed by atoms with Gasteiger partial charge in [-0.3, -0.25) is 0 Å². The summed E-state index contributed by atoms with van der Waals surface area (Å²) in [6.45, 7) is 2.79. The topological polar surface area (TPSA) is 57.5 Å². The number of rotatable bonds is 9. The molecule has 0 bridgehead atoms. The maximum Gasteiger partial charge on any atom is 0.175 e. The Morgan fingerprint density at radius 2 is 1.33 bits per heavy atom. The Bertz CT molecular complexity index is 1660. The van der Waals surface area contributed by atoms with E-state index in [2.05, 4.69) is 0 Å². The fourth-order valence-corrected chi connectivity index (χ4v) is 4.98. The Morgan fingerprint density at radius 3 is 1.92 bits per heavy atom. The van der Waals surface area contributed by atoms with Crippen LogP contribution in [0.4, 0.5) is 4.39 Å². The molecule has 1 aromatic heterocycles. The summed E-state index contributed by atoms with van der Waals surface area (Å²) in [6, 6.07) is 32.5. The van der Waals surface area contributed by atoms with E-state index in [9.17, 15) is 12.8 Å². The van der Waals surface area contributed by atoms with Crippen LogP contribution in [0.2, 0.25) is 0 Å². The molecule has 4 aromatic carbocycles. The minimum atomic E-state index is -3.31. The molecule has 0 aliphatic rings. The quantitative estimate of drug-likeness (QED) is 0.199. The first-order chi connectivity index (χ1) is 18.8. The molecule has 5 rings (SSSR count). The van der Waals surface area contributed by atoms with Crippen molar-refractivity contribution in [1.82, 2.24) is 4.57 Å². The Morgan fingerprint density at radius 1 is 0.744 bits per heavy atom. The third kappa shape index (κ3) is 6.21. The van der Waals surface area contributed by atoms with Crippen molar-refractivity contribution < 1.29 is 22.3 Å². The molecule has 0 amide bonds. The standard InChI is InChI=1S/C32H28FNO4S/c1-23-26(22-38-30-16-14-29(15-17-30)37-21-24-6-4-3-5-7-24)20-32(34(23)28-12-10-27(33)11-13-28)25-8-18-31(19-9-25)39(2,35)36/h3-20H,21-22H2,1-2H3. The molecule has 0 unspecified atom stereocenters. The van der Waals surface area contributed by atoms with Crippen molar-refractivity contribution in [1.29, 1.82) is 0 Å². The highest BCUT2D eigenvalue weighted by Gasteiger charge is 2.17. The molecule has 0 fully saturated rings. The van der Waals surface area contributed by atoms with Crippen LogP contribution in [-0.4, -0.2) is 19.2 Å². The predicted molar refractivity (Wildman–Crippen MR) is 151 cm³/mol. The van der Waals surface area contributed by atoms with Gasteiger partial charge in [0.1, 0.15) is 30.5 Å². The van der Waals surface area contributed by atoms with E-state index in [1.807, 2.05) is 72.2 Å². The van der Waals surface area contributed by atoms with Gasteiger partial charge in [-0.2, -0.15) is 0 Å². The average molecular weight is 542 g/mol. The molecule has 0 saturated heterocycles. The summed E-state index contributed by atoms with van der Waals surface area (Å²) in [5, 5.41) is 0. The van der Waals surface area contributed by atoms with Crippen LogP contribution in [-0.2, 0) is 23.1 Å². The second-order valence-electron chi connectivity index (χ2n) is 9.28. The first-order valence-corrected chi connectivity index (χ1v) is 14.3. The van der Waals surface area contributed by atoms with Crippen LogP contribution in [0.1, 0.15) is 16.8 Å². The van der Waals surface area contributed by atoms with Crippen LogP contribution < -0.4 is 9.47 Å². The molecule has 5 nitrogen and oxygen atoms in total. The minimum Gasteiger partial charge on any atom is -0.489 e. The summed E-state index contributed by atoms with van der Waals surface area (Å²) in [6.07, 6.45) is 1.19. The van der Waals surface area contributed by atoms with Crippen LogP contribution >= 0.6 is 0 Å². The second kappa shape index (κ2) is 11.2. The number of halogens is 1. The molecule has 0 saturated carbocycles. The number of benzene rings is 4. The minimum absolute atomic E-state index is 0.252. The fourth-order valence-electron chi connectivity index (χ4n) is 4.35. The summed E-state index contributed by atoms with van der Waals surface area (Å²) in [5.74, 6) is 1.14. The Labute approximate surface area is 228 Å². The number of aromatic nitrogens is 1. The largest absolute Gasteiger partial charge is 0.489 e. The lowest BCUT2D eigenvalue weighted by molar-refractivity contribution is 0.297. The number of hydrogen-bond donors (Lipinski definition) is 0. The third-order valence-electron chi connectivity index (χ3n) is 6.48. The number of ether oxygens (including phenoxy) is 2. The lowest BCUT2D eigenvalue weighted by Gasteiger charge is -2.13. The van der Waals surface area contributed by atoms with Gasteiger partial charge in [-0.25, -0.2) is 12.8 Å². The number of sulfone groups is 1. The fraction of sp³-hybridized carbons (Fsp3) is 0.125. The number of nitrogens with zero attached hydrogens (tertiary/aromatic N) is 1. The second-order valence-corrected chi connectivity index (χ2v) is 11.3. The highest BCUT2D eigenvalue weighted by Crippen LogP contribution is 2.31. The van der Waals surface area contributed by atoms with Gasteiger partial charge in [0.2, 0.25) is 0 Å². The van der Waals surface area contributed by atoms with Crippen molar-refractivity contribution in [3.63, 3.8) is 0 Å². The molecular weight excluding hydrogens is 513 g/mol. The monoisotopic (exact) mass is 541 g/mol. The Hall–Kier alpha value is -4.36. The van der Waals surface area contributed by atoms with Gasteiger partial charge in [0.15, 0.2) is 9.84 Å². The summed E-state index contributed by atoms with van der Waals surface area (Å²) >= 11 is 0. The molecular formula is C32H28FNO4S. The van der Waals surface area contributed by atoms with Crippen molar-refractivity contribution in [3.8, 4) is 28.4 Å². The maximum atomic E-state index is 13.7. The van der Waals surface area contributed by atoms with Crippen LogP contribution in [0, 0.1) is 12.7 Å². The lowest BCUT2D eigenvalue weighted by Crippen LogP contribution is -2.02. The SMILES string of the molecule is Cc1c(COc2ccc(OCc3ccccc3)cc2)cc(-c2ccc(S(C)(=O)=O)cc2)n1-c1ccc(F)cc1. The first-order valence-electron chi connectivity index (χ1n) is 12.5. The zero-order valence-corrected chi connectivity index (χ0v) is 22.5. The Balaban J connectivity index is 1.37. The van der Waals surface area contributed by atoms with Crippen molar-refractivity contribution in [3.05, 3.63) is 132 Å². The van der Waals surface area contributed by atoms with Crippen molar-refractivity contribution in [2.45, 2.75) is 25.0 Å². The van der Waals surface area contributed by atoms with Gasteiger partial charge in [0.25, 0.3) is 0 Å². The van der Waals surface area contributed by atoms with Crippen LogP contribution in [0.5, 0.6) is 11.5 Å². The van der Waals surface area contributed by atoms with Gasteiger partial charge in [-0.1, -0.05) is 42.5 Å². The highest BCUT2D eigenvalue weighted by atomic mass is 32.2. The van der Waals surface area contributed by atoms with Crippen molar-refractivity contribution in [2.24, 2.45) is 0 Å². The van der Waals surface area contributed by atoms with Gasteiger partial charge in [-0.05, 0) is 84.8 Å². The van der Waals surface area contributed by atoms with Crippen LogP contribution in [0.3, 0.4) is 0 Å². The van der Waals surface area contributed by atoms with E-state index in [0.29, 0.717) is 19.0 Å². The van der Waals surface area contributed by atoms with Crippen LogP contribution in [0.15, 0.2) is 114 Å². The molecule has 0 atom stereocenters. The van der Waals surface area contributed by atoms with E-state index >= 15 is 0 Å². The first kappa shape index (κ1) is 26.3. The Kier molecular flexibility index (Phi) is 7.52. The molecule has 0 aliphatic heterocycles.